The number of rotatable bonds is 5. The maximum Gasteiger partial charge on any atom is 0.109 e. The summed E-state index contributed by atoms with van der Waals surface area (Å²) >= 11 is 0. The van der Waals surface area contributed by atoms with Gasteiger partial charge in [0, 0.05) is 19.4 Å². The Morgan fingerprint density at radius 1 is 1.35 bits per heavy atom. The van der Waals surface area contributed by atoms with Gasteiger partial charge in [-0.25, -0.2) is 4.98 Å². The van der Waals surface area contributed by atoms with Crippen LogP contribution in [0.4, 0.5) is 0 Å². The van der Waals surface area contributed by atoms with E-state index in [9.17, 15) is 0 Å². The first-order chi connectivity index (χ1) is 8.36. The van der Waals surface area contributed by atoms with Crippen molar-refractivity contribution in [1.29, 1.82) is 0 Å². The van der Waals surface area contributed by atoms with Crippen molar-refractivity contribution < 1.29 is 0 Å². The summed E-state index contributed by atoms with van der Waals surface area (Å²) in [6.45, 7) is 3.16. The van der Waals surface area contributed by atoms with Crippen molar-refractivity contribution in [3.05, 3.63) is 30.1 Å². The van der Waals surface area contributed by atoms with Gasteiger partial charge in [-0.3, -0.25) is 0 Å². The normalized spacial score (nSPS) is 10.6. The fraction of sp³-hybridized carbons (Fsp3) is 0.400. The zero-order valence-electron chi connectivity index (χ0n) is 10.3. The minimum atomic E-state index is 0.831. The minimum absolute atomic E-state index is 0.831. The Morgan fingerprint density at radius 2 is 2.18 bits per heavy atom. The molecule has 2 heteroatoms. The van der Waals surface area contributed by atoms with Crippen molar-refractivity contribution in [3.8, 4) is 12.3 Å². The molecule has 0 bridgehead atoms. The van der Waals surface area contributed by atoms with Gasteiger partial charge in [0.25, 0.3) is 0 Å². The van der Waals surface area contributed by atoms with E-state index in [1.54, 1.807) is 0 Å². The van der Waals surface area contributed by atoms with Crippen LogP contribution in [0.1, 0.15) is 32.0 Å². The molecule has 1 aromatic heterocycles. The van der Waals surface area contributed by atoms with Crippen molar-refractivity contribution in [2.24, 2.45) is 0 Å². The summed E-state index contributed by atoms with van der Waals surface area (Å²) in [5, 5.41) is 0. The number of hydrogen-bond donors (Lipinski definition) is 0. The van der Waals surface area contributed by atoms with Crippen LogP contribution < -0.4 is 0 Å². The summed E-state index contributed by atoms with van der Waals surface area (Å²) in [6.07, 6.45) is 9.31. The molecule has 0 aliphatic heterocycles. The summed E-state index contributed by atoms with van der Waals surface area (Å²) < 4.78 is 2.32. The van der Waals surface area contributed by atoms with E-state index in [0.717, 1.165) is 37.7 Å². The topological polar surface area (TPSA) is 17.8 Å². The summed E-state index contributed by atoms with van der Waals surface area (Å²) in [5.74, 6) is 3.88. The van der Waals surface area contributed by atoms with Crippen LogP contribution in [0.5, 0.6) is 0 Å². The molecule has 0 spiro atoms. The average molecular weight is 226 g/mol. The molecule has 0 amide bonds. The summed E-state index contributed by atoms with van der Waals surface area (Å²) in [6, 6.07) is 8.32. The van der Waals surface area contributed by atoms with Gasteiger partial charge >= 0.3 is 0 Å². The first kappa shape index (κ1) is 11.7. The number of aromatic nitrogens is 2. The Morgan fingerprint density at radius 3 is 2.94 bits per heavy atom. The standard InChI is InChI=1S/C15H18N2/c1-3-5-8-12-17-14-11-7-6-10-13(14)16-15(17)9-4-2/h1,6-7,10-11H,4-5,8-9,12H2,2H3. The van der Waals surface area contributed by atoms with Gasteiger partial charge in [-0.15, -0.1) is 12.3 Å². The molecule has 2 aromatic rings. The molecule has 2 nitrogen and oxygen atoms in total. The molecular weight excluding hydrogens is 208 g/mol. The molecule has 0 atom stereocenters. The van der Waals surface area contributed by atoms with Crippen LogP contribution in [0, 0.1) is 12.3 Å². The van der Waals surface area contributed by atoms with Crippen LogP contribution in [-0.4, -0.2) is 9.55 Å². The molecule has 0 fully saturated rings. The number of fused-ring (bicyclic) bond motifs is 1. The number of imidazole rings is 1. The quantitative estimate of drug-likeness (QED) is 0.564. The monoisotopic (exact) mass is 226 g/mol. The highest BCUT2D eigenvalue weighted by Crippen LogP contribution is 2.17. The van der Waals surface area contributed by atoms with Gasteiger partial charge in [-0.05, 0) is 25.0 Å². The van der Waals surface area contributed by atoms with E-state index in [1.807, 2.05) is 6.07 Å². The minimum Gasteiger partial charge on any atom is -0.328 e. The Kier molecular flexibility index (Phi) is 3.82. The van der Waals surface area contributed by atoms with Gasteiger partial charge in [-0.2, -0.15) is 0 Å². The number of hydrogen-bond acceptors (Lipinski definition) is 1. The molecule has 88 valence electrons. The fourth-order valence-electron chi connectivity index (χ4n) is 2.13. The average Bonchev–Trinajstić information content (AvgIpc) is 2.69. The highest BCUT2D eigenvalue weighted by Gasteiger charge is 2.08. The number of terminal acetylenes is 1. The largest absolute Gasteiger partial charge is 0.328 e. The highest BCUT2D eigenvalue weighted by atomic mass is 15.1. The lowest BCUT2D eigenvalue weighted by Gasteiger charge is -2.07. The number of para-hydroxylation sites is 2. The van der Waals surface area contributed by atoms with Crippen molar-refractivity contribution >= 4 is 11.0 Å². The molecule has 1 aromatic carbocycles. The Labute approximate surface area is 103 Å². The van der Waals surface area contributed by atoms with Crippen molar-refractivity contribution in [3.63, 3.8) is 0 Å². The number of nitrogens with zero attached hydrogens (tertiary/aromatic N) is 2. The van der Waals surface area contributed by atoms with E-state index >= 15 is 0 Å². The van der Waals surface area contributed by atoms with Crippen LogP contribution in [0.2, 0.25) is 0 Å². The van der Waals surface area contributed by atoms with Gasteiger partial charge in [0.15, 0.2) is 0 Å². The lowest BCUT2D eigenvalue weighted by Crippen LogP contribution is -2.03. The summed E-state index contributed by atoms with van der Waals surface area (Å²) in [4.78, 5) is 4.69. The van der Waals surface area contributed by atoms with Gasteiger partial charge < -0.3 is 4.57 Å². The van der Waals surface area contributed by atoms with E-state index in [1.165, 1.54) is 11.3 Å². The zero-order chi connectivity index (χ0) is 12.1. The van der Waals surface area contributed by atoms with Gasteiger partial charge in [0.05, 0.1) is 11.0 Å². The zero-order valence-corrected chi connectivity index (χ0v) is 10.3. The van der Waals surface area contributed by atoms with E-state index in [2.05, 4.69) is 35.6 Å². The van der Waals surface area contributed by atoms with Crippen molar-refractivity contribution in [2.75, 3.05) is 0 Å². The van der Waals surface area contributed by atoms with E-state index < -0.39 is 0 Å². The van der Waals surface area contributed by atoms with Crippen LogP contribution in [0.15, 0.2) is 24.3 Å². The maximum atomic E-state index is 5.30. The lowest BCUT2D eigenvalue weighted by molar-refractivity contribution is 0.629. The van der Waals surface area contributed by atoms with E-state index in [-0.39, 0.29) is 0 Å². The molecule has 0 radical (unpaired) electrons. The van der Waals surface area contributed by atoms with Crippen molar-refractivity contribution in [2.45, 2.75) is 39.2 Å². The highest BCUT2D eigenvalue weighted by molar-refractivity contribution is 5.75. The summed E-state index contributed by atoms with van der Waals surface area (Å²) in [7, 11) is 0. The maximum absolute atomic E-state index is 5.30. The second-order valence-corrected chi connectivity index (χ2v) is 4.23. The first-order valence-corrected chi connectivity index (χ1v) is 6.24. The van der Waals surface area contributed by atoms with Crippen LogP contribution in [0.3, 0.4) is 0 Å². The SMILES string of the molecule is C#CCCCn1c(CCC)nc2ccccc21. The molecule has 0 unspecified atom stereocenters. The molecule has 0 saturated carbocycles. The second-order valence-electron chi connectivity index (χ2n) is 4.23. The number of unbranched alkanes of at least 4 members (excludes halogenated alkanes) is 1. The van der Waals surface area contributed by atoms with Gasteiger partial charge in [-0.1, -0.05) is 19.1 Å². The molecule has 0 saturated heterocycles. The van der Waals surface area contributed by atoms with E-state index in [0.29, 0.717) is 0 Å². The molecule has 0 aliphatic carbocycles. The lowest BCUT2D eigenvalue weighted by atomic mass is 10.2. The first-order valence-electron chi connectivity index (χ1n) is 6.24. The predicted octanol–water partition coefficient (Wildman–Crippen LogP) is 3.40. The Balaban J connectivity index is 2.34. The van der Waals surface area contributed by atoms with Gasteiger partial charge in [0.1, 0.15) is 5.82 Å². The third-order valence-corrected chi connectivity index (χ3v) is 2.91. The second kappa shape index (κ2) is 5.54. The van der Waals surface area contributed by atoms with Crippen LogP contribution in [0.25, 0.3) is 11.0 Å². The molecule has 2 rings (SSSR count). The number of aryl methyl sites for hydroxylation is 2. The third-order valence-electron chi connectivity index (χ3n) is 2.91. The van der Waals surface area contributed by atoms with Crippen LogP contribution >= 0.6 is 0 Å². The molecule has 17 heavy (non-hydrogen) atoms. The molecular formula is C15H18N2. The third kappa shape index (κ3) is 2.50. The van der Waals surface area contributed by atoms with Crippen molar-refractivity contribution in [1.82, 2.24) is 9.55 Å². The van der Waals surface area contributed by atoms with E-state index in [4.69, 9.17) is 11.4 Å². The molecule has 0 aliphatic rings. The Bertz CT molecular complexity index is 531. The Hall–Kier alpha value is -1.75. The summed E-state index contributed by atoms with van der Waals surface area (Å²) in [5.41, 5.74) is 2.32. The number of benzene rings is 1. The predicted molar refractivity (Wildman–Crippen MR) is 71.8 cm³/mol. The smallest absolute Gasteiger partial charge is 0.109 e. The van der Waals surface area contributed by atoms with Gasteiger partial charge in [0.2, 0.25) is 0 Å². The molecule has 0 N–H and O–H groups in total. The fourth-order valence-corrected chi connectivity index (χ4v) is 2.13. The molecule has 1 heterocycles. The van der Waals surface area contributed by atoms with Crippen LogP contribution in [-0.2, 0) is 13.0 Å².